The van der Waals surface area contributed by atoms with Gasteiger partial charge in [0.05, 0.1) is 10.6 Å². The van der Waals surface area contributed by atoms with E-state index in [1.807, 2.05) is 18.7 Å². The number of hydroxylamine groups is 2. The first-order valence-electron chi connectivity index (χ1n) is 15.7. The molecule has 2 aromatic carbocycles. The topological polar surface area (TPSA) is 208 Å². The van der Waals surface area contributed by atoms with Crippen molar-refractivity contribution in [2.45, 2.75) is 43.4 Å². The molecule has 1 fully saturated rings. The van der Waals surface area contributed by atoms with Gasteiger partial charge in [-0.05, 0) is 54.5 Å². The van der Waals surface area contributed by atoms with E-state index in [0.29, 0.717) is 10.8 Å². The smallest absolute Gasteiger partial charge is 1.00 e. The number of hydrogen-bond donors (Lipinski definition) is 3. The summed E-state index contributed by atoms with van der Waals surface area (Å²) >= 11 is 0. The molecule has 0 unspecified atom stereocenters. The van der Waals surface area contributed by atoms with Crippen LogP contribution in [0.3, 0.4) is 0 Å². The number of Topliss-reactive ketones (excluding diaryl/α,β-unsaturated/α-hetero) is 1. The zero-order valence-electron chi connectivity index (χ0n) is 30.0. The van der Waals surface area contributed by atoms with Crippen LogP contribution in [0.15, 0.2) is 82.3 Å². The number of rotatable bonds is 12. The molecule has 52 heavy (non-hydrogen) atoms. The van der Waals surface area contributed by atoms with Crippen LogP contribution in [-0.2, 0) is 44.3 Å². The van der Waals surface area contributed by atoms with Crippen LogP contribution in [0, 0.1) is 0 Å². The predicted molar refractivity (Wildman–Crippen MR) is 188 cm³/mol. The number of ketones is 1. The van der Waals surface area contributed by atoms with E-state index in [2.05, 4.69) is 0 Å². The third-order valence-corrected chi connectivity index (χ3v) is 11.4. The first-order valence-corrected chi connectivity index (χ1v) is 18.9. The summed E-state index contributed by atoms with van der Waals surface area (Å²) < 4.78 is 59.1. The number of imide groups is 1. The molecule has 2 aromatic rings. The van der Waals surface area contributed by atoms with Crippen molar-refractivity contribution < 1.29 is 86.6 Å². The summed E-state index contributed by atoms with van der Waals surface area (Å²) in [6.07, 6.45) is 6.24. The van der Waals surface area contributed by atoms with Gasteiger partial charge in [-0.2, -0.15) is 8.42 Å². The summed E-state index contributed by atoms with van der Waals surface area (Å²) in [5.74, 6) is -3.75. The standard InChI is InChI=1S/C34H37N3O12S2.Na.H/c1-34(2)24-19-22(35(3)31(40)20-48-21-32(41)49-37-29(38)15-16-30(37)39)13-14-25(24)36(17-8-18-50(43,44)45)28(34)12-7-6-11-27-33(42)23-9-4-5-10-26(23)51(27,46)47;;/h4-7,9-14,19,46-47H,8,15-18,20-21H2,1-3H3,(H,43,44,45);;/q;+1;-1. The maximum absolute atomic E-state index is 13.0. The van der Waals surface area contributed by atoms with Gasteiger partial charge in [0.1, 0.15) is 18.1 Å². The Morgan fingerprint density at radius 2 is 1.67 bits per heavy atom. The quantitative estimate of drug-likeness (QED) is 0.120. The molecule has 0 radical (unpaired) electrons. The minimum atomic E-state index is -4.22. The number of amides is 3. The SMILES string of the molecule is CN(C(=O)COCC(=O)ON1C(=O)CCC1=O)c1ccc2c(c1)C(C)(C)C(=CC=CC=C1C(=O)c3ccccc3S1(O)O)N2CCCS(=O)(=O)O.[H-].[Na+]. The fraction of sp³-hybridized carbons (Fsp3) is 0.324. The second-order valence-corrected chi connectivity index (χ2v) is 16.0. The Morgan fingerprint density at radius 3 is 2.33 bits per heavy atom. The molecular formula is C34H38N3NaO12S2. The molecule has 1 saturated heterocycles. The van der Waals surface area contributed by atoms with Crippen molar-refractivity contribution in [3.8, 4) is 0 Å². The van der Waals surface area contributed by atoms with Crippen molar-refractivity contribution in [1.82, 2.24) is 5.06 Å². The van der Waals surface area contributed by atoms with Crippen molar-refractivity contribution in [2.75, 3.05) is 42.4 Å². The molecule has 0 saturated carbocycles. The summed E-state index contributed by atoms with van der Waals surface area (Å²) in [6.45, 7) is 2.87. The molecule has 3 heterocycles. The van der Waals surface area contributed by atoms with E-state index < -0.39 is 74.6 Å². The van der Waals surface area contributed by atoms with Gasteiger partial charge >= 0.3 is 35.5 Å². The van der Waals surface area contributed by atoms with Crippen molar-refractivity contribution in [2.24, 2.45) is 0 Å². The number of ether oxygens (including phenoxy) is 1. The van der Waals surface area contributed by atoms with Crippen LogP contribution >= 0.6 is 10.6 Å². The van der Waals surface area contributed by atoms with Gasteiger partial charge in [0.25, 0.3) is 27.8 Å². The largest absolute Gasteiger partial charge is 1.00 e. The van der Waals surface area contributed by atoms with E-state index in [0.717, 1.165) is 16.9 Å². The van der Waals surface area contributed by atoms with Crippen molar-refractivity contribution >= 4 is 61.6 Å². The monoisotopic (exact) mass is 767 g/mol. The third-order valence-electron chi connectivity index (χ3n) is 8.65. The van der Waals surface area contributed by atoms with E-state index in [1.54, 1.807) is 42.5 Å². The van der Waals surface area contributed by atoms with E-state index in [4.69, 9.17) is 9.57 Å². The Kier molecular flexibility index (Phi) is 12.8. The van der Waals surface area contributed by atoms with Gasteiger partial charge < -0.3 is 20.8 Å². The van der Waals surface area contributed by atoms with Gasteiger partial charge in [-0.15, -0.1) is 15.7 Å². The van der Waals surface area contributed by atoms with Crippen molar-refractivity contribution in [3.63, 3.8) is 0 Å². The number of hydrogen-bond acceptors (Lipinski definition) is 12. The normalized spacial score (nSPS) is 19.6. The Balaban J connectivity index is 0.00000378. The summed E-state index contributed by atoms with van der Waals surface area (Å²) in [5, 5.41) is 0.388. The molecule has 0 aromatic heterocycles. The fourth-order valence-electron chi connectivity index (χ4n) is 6.01. The average molecular weight is 768 g/mol. The number of allylic oxidation sites excluding steroid dienone is 6. The molecule has 0 bridgehead atoms. The molecule has 0 spiro atoms. The number of fused-ring (bicyclic) bond motifs is 2. The zero-order valence-corrected chi connectivity index (χ0v) is 32.6. The Morgan fingerprint density at radius 1 is 1.02 bits per heavy atom. The number of benzene rings is 2. The zero-order chi connectivity index (χ0) is 37.3. The molecule has 3 N–H and O–H groups in total. The van der Waals surface area contributed by atoms with Gasteiger partial charge in [-0.1, -0.05) is 38.1 Å². The van der Waals surface area contributed by atoms with Crippen molar-refractivity contribution in [3.05, 3.63) is 88.5 Å². The van der Waals surface area contributed by atoms with Crippen LogP contribution in [-0.4, -0.2) is 89.2 Å². The molecule has 0 atom stereocenters. The summed E-state index contributed by atoms with van der Waals surface area (Å²) in [7, 11) is -6.19. The second kappa shape index (κ2) is 16.2. The Labute approximate surface area is 325 Å². The molecule has 274 valence electrons. The number of anilines is 2. The van der Waals surface area contributed by atoms with Crippen LogP contribution < -0.4 is 39.4 Å². The van der Waals surface area contributed by atoms with Crippen LogP contribution in [0.25, 0.3) is 0 Å². The Hall–Kier alpha value is -3.65. The molecular weight excluding hydrogens is 730 g/mol. The summed E-state index contributed by atoms with van der Waals surface area (Å²) in [6, 6.07) is 11.5. The van der Waals surface area contributed by atoms with Gasteiger partial charge in [0.15, 0.2) is 0 Å². The van der Waals surface area contributed by atoms with Gasteiger partial charge in [0, 0.05) is 54.5 Å². The van der Waals surface area contributed by atoms with E-state index in [-0.39, 0.29) is 72.2 Å². The third kappa shape index (κ3) is 8.59. The van der Waals surface area contributed by atoms with Crippen molar-refractivity contribution in [1.29, 1.82) is 0 Å². The average Bonchev–Trinajstić information content (AvgIpc) is 3.57. The maximum atomic E-state index is 13.0. The number of carbonyl (C=O) groups excluding carboxylic acids is 5. The van der Waals surface area contributed by atoms with Gasteiger partial charge in [-0.25, -0.2) is 4.79 Å². The van der Waals surface area contributed by atoms with E-state index >= 15 is 0 Å². The first-order chi connectivity index (χ1) is 23.9. The van der Waals surface area contributed by atoms with Gasteiger partial charge in [-0.3, -0.25) is 32.8 Å². The predicted octanol–water partition coefficient (Wildman–Crippen LogP) is 1.10. The minimum absolute atomic E-state index is 0. The molecule has 3 amide bonds. The van der Waals surface area contributed by atoms with Crippen LogP contribution in [0.4, 0.5) is 11.4 Å². The van der Waals surface area contributed by atoms with Gasteiger partial charge in [0.2, 0.25) is 5.78 Å². The van der Waals surface area contributed by atoms with E-state index in [1.165, 1.54) is 36.2 Å². The maximum Gasteiger partial charge on any atom is 1.00 e. The first kappa shape index (κ1) is 41.1. The molecule has 5 rings (SSSR count). The Bertz CT molecular complexity index is 2000. The minimum Gasteiger partial charge on any atom is -1.00 e. The van der Waals surface area contributed by atoms with Crippen LogP contribution in [0.1, 0.15) is 50.5 Å². The molecule has 15 nitrogen and oxygen atoms in total. The molecule has 18 heteroatoms. The number of likely N-dealkylation sites (N-methyl/N-ethyl adjacent to an activating group) is 1. The molecule has 3 aliphatic rings. The second-order valence-electron chi connectivity index (χ2n) is 12.5. The summed E-state index contributed by atoms with van der Waals surface area (Å²) in [5.41, 5.74) is 2.23. The number of carbonyl (C=O) groups is 5. The fourth-order valence-corrected chi connectivity index (χ4v) is 8.11. The van der Waals surface area contributed by atoms with Crippen LogP contribution in [0.5, 0.6) is 0 Å². The number of nitrogens with zero attached hydrogens (tertiary/aromatic N) is 3. The molecule has 3 aliphatic heterocycles. The van der Waals surface area contributed by atoms with Crippen LogP contribution in [0.2, 0.25) is 0 Å². The summed E-state index contributed by atoms with van der Waals surface area (Å²) in [4.78, 5) is 69.2. The molecule has 0 aliphatic carbocycles. The van der Waals surface area contributed by atoms with E-state index in [9.17, 15) is 46.0 Å².